The van der Waals surface area contributed by atoms with E-state index < -0.39 is 11.7 Å². The van der Waals surface area contributed by atoms with Crippen LogP contribution in [0.2, 0.25) is 0 Å². The smallest absolute Gasteiger partial charge is 0.251 e. The van der Waals surface area contributed by atoms with Crippen molar-refractivity contribution < 1.29 is 14.6 Å². The highest BCUT2D eigenvalue weighted by molar-refractivity contribution is 5.84. The molecular weight excluding hydrogens is 194 g/mol. The van der Waals surface area contributed by atoms with Crippen molar-refractivity contribution in [2.75, 3.05) is 7.11 Å². The summed E-state index contributed by atoms with van der Waals surface area (Å²) < 4.78 is 5.08. The monoisotopic (exact) mass is 215 g/mol. The van der Waals surface area contributed by atoms with Crippen molar-refractivity contribution >= 4 is 5.91 Å². The van der Waals surface area contributed by atoms with Crippen LogP contribution in [-0.4, -0.2) is 35.9 Å². The second kappa shape index (κ2) is 4.94. The molecule has 1 rings (SSSR count). The molecule has 0 aliphatic heterocycles. The number of carbonyl (C=O) groups excluding carboxylic acids is 1. The second-order valence-corrected chi connectivity index (χ2v) is 4.65. The minimum absolute atomic E-state index is 0.110. The molecule has 1 amide bonds. The van der Waals surface area contributed by atoms with Gasteiger partial charge in [-0.15, -0.1) is 0 Å². The van der Waals surface area contributed by atoms with E-state index in [9.17, 15) is 9.90 Å². The molecule has 1 fully saturated rings. The van der Waals surface area contributed by atoms with E-state index in [0.29, 0.717) is 0 Å². The van der Waals surface area contributed by atoms with E-state index in [1.54, 1.807) is 13.8 Å². The summed E-state index contributed by atoms with van der Waals surface area (Å²) in [5, 5.41) is 12.5. The van der Waals surface area contributed by atoms with Gasteiger partial charge in [-0.05, 0) is 26.7 Å². The Labute approximate surface area is 91.0 Å². The number of aliphatic hydroxyl groups is 1. The van der Waals surface area contributed by atoms with Gasteiger partial charge >= 0.3 is 0 Å². The van der Waals surface area contributed by atoms with E-state index in [1.165, 1.54) is 7.11 Å². The topological polar surface area (TPSA) is 58.6 Å². The molecule has 88 valence electrons. The molecule has 15 heavy (non-hydrogen) atoms. The number of ether oxygens (including phenoxy) is 1. The van der Waals surface area contributed by atoms with Crippen molar-refractivity contribution in [1.29, 1.82) is 0 Å². The summed E-state index contributed by atoms with van der Waals surface area (Å²) in [6.07, 6.45) is 3.33. The summed E-state index contributed by atoms with van der Waals surface area (Å²) in [6, 6.07) is -0.110. The quantitative estimate of drug-likeness (QED) is 0.733. The van der Waals surface area contributed by atoms with Gasteiger partial charge in [0, 0.05) is 7.11 Å². The minimum atomic E-state index is -0.822. The molecular formula is C11H21NO3. The fourth-order valence-electron chi connectivity index (χ4n) is 1.71. The first-order valence-corrected chi connectivity index (χ1v) is 5.51. The number of methoxy groups -OCH3 is 1. The molecule has 0 radical (unpaired) electrons. The Morgan fingerprint density at radius 3 is 2.53 bits per heavy atom. The fourth-order valence-corrected chi connectivity index (χ4v) is 1.71. The molecule has 2 atom stereocenters. The second-order valence-electron chi connectivity index (χ2n) is 4.65. The SMILES string of the molecule is COC(C)(C)C(=O)NC1CCCCC1O. The summed E-state index contributed by atoms with van der Waals surface area (Å²) in [5.74, 6) is -0.157. The van der Waals surface area contributed by atoms with E-state index in [0.717, 1.165) is 25.7 Å². The molecule has 4 heteroatoms. The fraction of sp³-hybridized carbons (Fsp3) is 0.909. The predicted molar refractivity (Wildman–Crippen MR) is 57.5 cm³/mol. The van der Waals surface area contributed by atoms with E-state index in [4.69, 9.17) is 4.74 Å². The zero-order valence-electron chi connectivity index (χ0n) is 9.75. The Kier molecular flexibility index (Phi) is 4.11. The minimum Gasteiger partial charge on any atom is -0.391 e. The molecule has 2 unspecified atom stereocenters. The van der Waals surface area contributed by atoms with E-state index >= 15 is 0 Å². The normalized spacial score (nSPS) is 27.5. The highest BCUT2D eigenvalue weighted by Gasteiger charge is 2.31. The Hall–Kier alpha value is -0.610. The first-order chi connectivity index (χ1) is 6.97. The molecule has 1 aliphatic rings. The number of carbonyl (C=O) groups is 1. The van der Waals surface area contributed by atoms with Crippen LogP contribution in [-0.2, 0) is 9.53 Å². The number of hydrogen-bond acceptors (Lipinski definition) is 3. The molecule has 0 saturated heterocycles. The third kappa shape index (κ3) is 3.18. The first-order valence-electron chi connectivity index (χ1n) is 5.51. The number of aliphatic hydroxyl groups excluding tert-OH is 1. The maximum atomic E-state index is 11.8. The summed E-state index contributed by atoms with van der Waals surface area (Å²) in [4.78, 5) is 11.8. The van der Waals surface area contributed by atoms with Crippen molar-refractivity contribution in [1.82, 2.24) is 5.32 Å². The van der Waals surface area contributed by atoms with Gasteiger partial charge < -0.3 is 15.2 Å². The Morgan fingerprint density at radius 1 is 1.40 bits per heavy atom. The van der Waals surface area contributed by atoms with Crippen molar-refractivity contribution in [2.45, 2.75) is 57.3 Å². The Morgan fingerprint density at radius 2 is 2.00 bits per heavy atom. The third-order valence-corrected chi connectivity index (χ3v) is 3.10. The zero-order chi connectivity index (χ0) is 11.5. The van der Waals surface area contributed by atoms with Gasteiger partial charge in [-0.2, -0.15) is 0 Å². The molecule has 1 saturated carbocycles. The molecule has 0 spiro atoms. The maximum Gasteiger partial charge on any atom is 0.251 e. The van der Waals surface area contributed by atoms with Crippen LogP contribution in [0.4, 0.5) is 0 Å². The van der Waals surface area contributed by atoms with Gasteiger partial charge in [0.2, 0.25) is 0 Å². The molecule has 0 heterocycles. The van der Waals surface area contributed by atoms with E-state index in [-0.39, 0.29) is 11.9 Å². The summed E-state index contributed by atoms with van der Waals surface area (Å²) in [7, 11) is 1.51. The number of hydrogen-bond donors (Lipinski definition) is 2. The highest BCUT2D eigenvalue weighted by atomic mass is 16.5. The average Bonchev–Trinajstić information content (AvgIpc) is 2.21. The number of nitrogens with one attached hydrogen (secondary N) is 1. The van der Waals surface area contributed by atoms with Crippen LogP contribution < -0.4 is 5.32 Å². The highest BCUT2D eigenvalue weighted by Crippen LogP contribution is 2.19. The van der Waals surface area contributed by atoms with E-state index in [1.807, 2.05) is 0 Å². The molecule has 0 aromatic carbocycles. The van der Waals surface area contributed by atoms with Gasteiger partial charge in [-0.1, -0.05) is 12.8 Å². The Balaban J connectivity index is 2.50. The van der Waals surface area contributed by atoms with Gasteiger partial charge in [-0.3, -0.25) is 4.79 Å². The molecule has 0 aromatic heterocycles. The van der Waals surface area contributed by atoms with E-state index in [2.05, 4.69) is 5.32 Å². The maximum absolute atomic E-state index is 11.8. The molecule has 2 N–H and O–H groups in total. The average molecular weight is 215 g/mol. The van der Waals surface area contributed by atoms with Gasteiger partial charge in [0.25, 0.3) is 5.91 Å². The van der Waals surface area contributed by atoms with Crippen LogP contribution in [0.15, 0.2) is 0 Å². The van der Waals surface area contributed by atoms with Crippen LogP contribution in [0.1, 0.15) is 39.5 Å². The van der Waals surface area contributed by atoms with Gasteiger partial charge in [0.15, 0.2) is 0 Å². The van der Waals surface area contributed by atoms with Gasteiger partial charge in [-0.25, -0.2) is 0 Å². The molecule has 0 bridgehead atoms. The number of amides is 1. The molecule has 1 aliphatic carbocycles. The Bertz CT molecular complexity index is 228. The van der Waals surface area contributed by atoms with Crippen molar-refractivity contribution in [3.63, 3.8) is 0 Å². The molecule has 0 aromatic rings. The largest absolute Gasteiger partial charge is 0.391 e. The van der Waals surface area contributed by atoms with Crippen LogP contribution in [0.3, 0.4) is 0 Å². The number of rotatable bonds is 3. The van der Waals surface area contributed by atoms with Crippen LogP contribution in [0, 0.1) is 0 Å². The lowest BCUT2D eigenvalue weighted by molar-refractivity contribution is -0.141. The van der Waals surface area contributed by atoms with Crippen LogP contribution in [0.25, 0.3) is 0 Å². The van der Waals surface area contributed by atoms with Crippen molar-refractivity contribution in [3.05, 3.63) is 0 Å². The van der Waals surface area contributed by atoms with Crippen LogP contribution in [0.5, 0.6) is 0 Å². The van der Waals surface area contributed by atoms with Crippen LogP contribution >= 0.6 is 0 Å². The summed E-state index contributed by atoms with van der Waals surface area (Å²) in [6.45, 7) is 3.44. The third-order valence-electron chi connectivity index (χ3n) is 3.10. The summed E-state index contributed by atoms with van der Waals surface area (Å²) in [5.41, 5.74) is -0.822. The summed E-state index contributed by atoms with van der Waals surface area (Å²) >= 11 is 0. The predicted octanol–water partition coefficient (Wildman–Crippen LogP) is 0.831. The van der Waals surface area contributed by atoms with Crippen molar-refractivity contribution in [3.8, 4) is 0 Å². The lowest BCUT2D eigenvalue weighted by Gasteiger charge is -2.31. The van der Waals surface area contributed by atoms with Gasteiger partial charge in [0.1, 0.15) is 5.60 Å². The van der Waals surface area contributed by atoms with Crippen molar-refractivity contribution in [2.24, 2.45) is 0 Å². The first kappa shape index (κ1) is 12.5. The standard InChI is InChI=1S/C11H21NO3/c1-11(2,15-3)10(14)12-8-6-4-5-7-9(8)13/h8-9,13H,4-7H2,1-3H3,(H,12,14). The zero-order valence-corrected chi connectivity index (χ0v) is 9.75. The van der Waals surface area contributed by atoms with Gasteiger partial charge in [0.05, 0.1) is 12.1 Å². The molecule has 4 nitrogen and oxygen atoms in total. The lowest BCUT2D eigenvalue weighted by atomic mass is 9.92. The lowest BCUT2D eigenvalue weighted by Crippen LogP contribution is -2.52.